The first-order valence-electron chi connectivity index (χ1n) is 9.65. The van der Waals surface area contributed by atoms with Gasteiger partial charge in [0.15, 0.2) is 5.58 Å². The molecule has 0 aliphatic carbocycles. The molecule has 156 valence electrons. The van der Waals surface area contributed by atoms with E-state index in [-0.39, 0.29) is 18.7 Å². The molecule has 1 atom stereocenters. The van der Waals surface area contributed by atoms with Gasteiger partial charge < -0.3 is 14.7 Å². The Kier molecular flexibility index (Phi) is 4.39. The Morgan fingerprint density at radius 1 is 1.16 bits per heavy atom. The molecule has 31 heavy (non-hydrogen) atoms. The van der Waals surface area contributed by atoms with Crippen molar-refractivity contribution in [3.63, 3.8) is 0 Å². The Morgan fingerprint density at radius 3 is 2.81 bits per heavy atom. The molecule has 10 heteroatoms. The van der Waals surface area contributed by atoms with E-state index in [4.69, 9.17) is 14.7 Å². The van der Waals surface area contributed by atoms with Gasteiger partial charge in [-0.25, -0.2) is 4.79 Å². The fourth-order valence-corrected chi connectivity index (χ4v) is 3.72. The van der Waals surface area contributed by atoms with Gasteiger partial charge in [-0.05, 0) is 36.2 Å². The average Bonchev–Trinajstić information content (AvgIpc) is 3.32. The lowest BCUT2D eigenvalue weighted by Crippen LogP contribution is -2.43. The van der Waals surface area contributed by atoms with Gasteiger partial charge in [0.1, 0.15) is 6.04 Å². The molecule has 1 saturated heterocycles. The summed E-state index contributed by atoms with van der Waals surface area (Å²) in [4.78, 5) is 40.5. The fourth-order valence-electron chi connectivity index (χ4n) is 3.72. The Hall–Kier alpha value is -4.21. The van der Waals surface area contributed by atoms with Gasteiger partial charge in [0.05, 0.1) is 11.9 Å². The Bertz CT molecular complexity index is 1380. The van der Waals surface area contributed by atoms with Gasteiger partial charge >= 0.3 is 5.76 Å². The van der Waals surface area contributed by atoms with Crippen molar-refractivity contribution in [3.05, 3.63) is 64.5 Å². The summed E-state index contributed by atoms with van der Waals surface area (Å²) < 4.78 is 11.9. The molecule has 0 radical (unpaired) electrons. The number of oxazole rings is 1. The van der Waals surface area contributed by atoms with Crippen LogP contribution in [0.5, 0.6) is 0 Å². The molecule has 2 amide bonds. The summed E-state index contributed by atoms with van der Waals surface area (Å²) in [5, 5.41) is 6.26. The van der Waals surface area contributed by atoms with Crippen molar-refractivity contribution in [2.24, 2.45) is 0 Å². The van der Waals surface area contributed by atoms with Crippen molar-refractivity contribution in [1.82, 2.24) is 20.0 Å². The van der Waals surface area contributed by atoms with E-state index >= 15 is 0 Å². The summed E-state index contributed by atoms with van der Waals surface area (Å²) in [5.41, 5.74) is 8.78. The number of nitrogen functional groups attached to an aromatic ring is 1. The number of para-hydroxylation sites is 1. The molecule has 10 nitrogen and oxygen atoms in total. The second-order valence-corrected chi connectivity index (χ2v) is 7.28. The summed E-state index contributed by atoms with van der Waals surface area (Å²) in [6.45, 7) is 0. The van der Waals surface area contributed by atoms with Crippen LogP contribution >= 0.6 is 0 Å². The third-order valence-electron chi connectivity index (χ3n) is 5.22. The molecule has 2 aromatic carbocycles. The minimum absolute atomic E-state index is 0.155. The maximum absolute atomic E-state index is 12.4. The predicted octanol–water partition coefficient (Wildman–Crippen LogP) is 1.80. The molecular formula is C21H17N5O5. The number of piperidine rings is 1. The van der Waals surface area contributed by atoms with Gasteiger partial charge in [-0.2, -0.15) is 4.98 Å². The molecule has 1 aliphatic rings. The van der Waals surface area contributed by atoms with Gasteiger partial charge in [-0.3, -0.25) is 19.5 Å². The van der Waals surface area contributed by atoms with Crippen LogP contribution in [-0.4, -0.2) is 26.5 Å². The number of rotatable bonds is 4. The van der Waals surface area contributed by atoms with Crippen LogP contribution in [0.15, 0.2) is 56.2 Å². The zero-order chi connectivity index (χ0) is 21.5. The normalized spacial score (nSPS) is 16.6. The lowest BCUT2D eigenvalue weighted by Gasteiger charge is -2.21. The second kappa shape index (κ2) is 7.24. The molecule has 0 bridgehead atoms. The number of fused-ring (bicyclic) bond motifs is 1. The van der Waals surface area contributed by atoms with Crippen molar-refractivity contribution in [2.75, 3.05) is 5.73 Å². The molecule has 1 unspecified atom stereocenters. The molecular weight excluding hydrogens is 402 g/mol. The summed E-state index contributed by atoms with van der Waals surface area (Å²) in [6.07, 6.45) is 0.696. The number of imide groups is 1. The molecule has 4 aromatic rings. The average molecular weight is 419 g/mol. The lowest BCUT2D eigenvalue weighted by molar-refractivity contribution is -0.135. The van der Waals surface area contributed by atoms with Crippen LogP contribution in [0.4, 0.5) is 5.69 Å². The summed E-state index contributed by atoms with van der Waals surface area (Å²) in [6, 6.07) is 11.6. The summed E-state index contributed by atoms with van der Waals surface area (Å²) in [7, 11) is 0. The number of nitrogens with zero attached hydrogens (tertiary/aromatic N) is 3. The first-order chi connectivity index (χ1) is 15.0. The predicted molar refractivity (Wildman–Crippen MR) is 109 cm³/mol. The molecule has 1 fully saturated rings. The van der Waals surface area contributed by atoms with Crippen molar-refractivity contribution in [1.29, 1.82) is 0 Å². The van der Waals surface area contributed by atoms with Crippen molar-refractivity contribution >= 4 is 28.6 Å². The monoisotopic (exact) mass is 419 g/mol. The number of amides is 2. The minimum Gasteiger partial charge on any atom is -0.408 e. The quantitative estimate of drug-likeness (QED) is 0.376. The van der Waals surface area contributed by atoms with Gasteiger partial charge in [-0.1, -0.05) is 23.4 Å². The maximum Gasteiger partial charge on any atom is 0.420 e. The van der Waals surface area contributed by atoms with E-state index in [0.717, 1.165) is 5.56 Å². The smallest absolute Gasteiger partial charge is 0.408 e. The van der Waals surface area contributed by atoms with E-state index in [1.54, 1.807) is 30.3 Å². The first kappa shape index (κ1) is 18.8. The number of aromatic nitrogens is 3. The van der Waals surface area contributed by atoms with Crippen LogP contribution in [0, 0.1) is 0 Å². The highest BCUT2D eigenvalue weighted by molar-refractivity contribution is 6.00. The molecule has 5 rings (SSSR count). The van der Waals surface area contributed by atoms with Crippen molar-refractivity contribution in [2.45, 2.75) is 25.3 Å². The van der Waals surface area contributed by atoms with E-state index in [9.17, 15) is 14.4 Å². The van der Waals surface area contributed by atoms with Crippen LogP contribution in [0.25, 0.3) is 22.5 Å². The summed E-state index contributed by atoms with van der Waals surface area (Å²) in [5.74, 6) is -0.766. The maximum atomic E-state index is 12.4. The topological polar surface area (TPSA) is 146 Å². The Labute approximate surface area is 174 Å². The molecule has 3 heterocycles. The number of hydrogen-bond acceptors (Lipinski definition) is 8. The highest BCUT2D eigenvalue weighted by Crippen LogP contribution is 2.26. The largest absolute Gasteiger partial charge is 0.420 e. The molecule has 0 spiro atoms. The van der Waals surface area contributed by atoms with Crippen LogP contribution in [0.2, 0.25) is 0 Å². The van der Waals surface area contributed by atoms with Crippen LogP contribution in [0.3, 0.4) is 0 Å². The van der Waals surface area contributed by atoms with Crippen LogP contribution in [0.1, 0.15) is 30.3 Å². The molecule has 0 saturated carbocycles. The zero-order valence-electron chi connectivity index (χ0n) is 16.2. The van der Waals surface area contributed by atoms with Crippen LogP contribution in [-0.2, 0) is 16.0 Å². The lowest BCUT2D eigenvalue weighted by atomic mass is 10.1. The third kappa shape index (κ3) is 3.37. The fraction of sp³-hybridized carbons (Fsp3) is 0.190. The number of anilines is 1. The number of carbonyl (C=O) groups excluding carboxylic acids is 2. The van der Waals surface area contributed by atoms with E-state index < -0.39 is 17.7 Å². The number of carbonyl (C=O) groups is 2. The van der Waals surface area contributed by atoms with Gasteiger partial charge in [-0.15, -0.1) is 0 Å². The van der Waals surface area contributed by atoms with Gasteiger partial charge in [0.25, 0.3) is 0 Å². The Balaban J connectivity index is 1.47. The second-order valence-electron chi connectivity index (χ2n) is 7.28. The van der Waals surface area contributed by atoms with Crippen molar-refractivity contribution in [3.8, 4) is 11.4 Å². The number of nitrogens with two attached hydrogens (primary N) is 1. The molecule has 3 N–H and O–H groups in total. The number of benzene rings is 2. The minimum atomic E-state index is -0.808. The molecule has 2 aromatic heterocycles. The highest BCUT2D eigenvalue weighted by Gasteiger charge is 2.31. The van der Waals surface area contributed by atoms with E-state index in [2.05, 4.69) is 15.5 Å². The van der Waals surface area contributed by atoms with Crippen LogP contribution < -0.4 is 16.8 Å². The van der Waals surface area contributed by atoms with Gasteiger partial charge in [0, 0.05) is 17.7 Å². The first-order valence-corrected chi connectivity index (χ1v) is 9.65. The SMILES string of the molecule is Nc1ccccc1-c1noc(Cc2ccc3oc(=O)n(C4CCC(=O)NC4=O)c3c2)n1. The standard InChI is InChI=1S/C21H17N5O5/c22-13-4-2-1-3-12(13)19-24-18(31-25-19)10-11-5-7-16-15(9-11)26(21(29)30-16)14-6-8-17(27)23-20(14)28/h1-5,7,9,14H,6,8,10,22H2,(H,23,27,28). The highest BCUT2D eigenvalue weighted by atomic mass is 16.5. The van der Waals surface area contributed by atoms with Crippen molar-refractivity contribution < 1.29 is 18.5 Å². The van der Waals surface area contributed by atoms with E-state index in [1.807, 2.05) is 12.1 Å². The third-order valence-corrected chi connectivity index (χ3v) is 5.22. The van der Waals surface area contributed by atoms with E-state index in [0.29, 0.717) is 40.5 Å². The van der Waals surface area contributed by atoms with E-state index in [1.165, 1.54) is 4.57 Å². The summed E-state index contributed by atoms with van der Waals surface area (Å²) >= 11 is 0. The number of nitrogens with one attached hydrogen (secondary N) is 1. The zero-order valence-corrected chi connectivity index (χ0v) is 16.2. The molecule has 1 aliphatic heterocycles. The Morgan fingerprint density at radius 2 is 2.00 bits per heavy atom. The van der Waals surface area contributed by atoms with Gasteiger partial charge in [0.2, 0.25) is 23.5 Å². The number of hydrogen-bond donors (Lipinski definition) is 2.